The zero-order valence-electron chi connectivity index (χ0n) is 13.9. The van der Waals surface area contributed by atoms with Gasteiger partial charge in [0.15, 0.2) is 5.78 Å². The Kier molecular flexibility index (Phi) is 3.75. The third kappa shape index (κ3) is 2.66. The van der Waals surface area contributed by atoms with Crippen LogP contribution in [0.2, 0.25) is 0 Å². The van der Waals surface area contributed by atoms with E-state index in [0.29, 0.717) is 17.4 Å². The molecule has 4 rings (SSSR count). The van der Waals surface area contributed by atoms with Crippen LogP contribution in [0.1, 0.15) is 30.1 Å². The molecule has 1 N–H and O–H groups in total. The minimum atomic E-state index is 0.0117. The molecule has 2 aliphatic carbocycles. The number of hydrogen-bond acceptors (Lipinski definition) is 2. The van der Waals surface area contributed by atoms with Crippen molar-refractivity contribution < 1.29 is 9.59 Å². The van der Waals surface area contributed by atoms with Gasteiger partial charge in [0.25, 0.3) is 0 Å². The number of amides is 1. The molecule has 1 saturated carbocycles. The van der Waals surface area contributed by atoms with Crippen molar-refractivity contribution in [3.05, 3.63) is 48.2 Å². The molecule has 1 fully saturated rings. The second kappa shape index (κ2) is 5.93. The maximum absolute atomic E-state index is 12.4. The molecule has 124 valence electrons. The van der Waals surface area contributed by atoms with E-state index in [2.05, 4.69) is 17.5 Å². The normalized spacial score (nSPS) is 24.6. The van der Waals surface area contributed by atoms with E-state index in [1.165, 1.54) is 12.8 Å². The van der Waals surface area contributed by atoms with Crippen molar-refractivity contribution in [1.82, 2.24) is 9.88 Å². The van der Waals surface area contributed by atoms with E-state index in [1.54, 1.807) is 13.1 Å². The Morgan fingerprint density at radius 1 is 1.21 bits per heavy atom. The second-order valence-corrected chi connectivity index (χ2v) is 7.09. The Morgan fingerprint density at radius 2 is 2.04 bits per heavy atom. The van der Waals surface area contributed by atoms with Crippen molar-refractivity contribution >= 4 is 22.6 Å². The van der Waals surface area contributed by atoms with Gasteiger partial charge < -0.3 is 9.88 Å². The lowest BCUT2D eigenvalue weighted by Gasteiger charge is -2.18. The first-order chi connectivity index (χ1) is 11.6. The Hall–Kier alpha value is -2.36. The van der Waals surface area contributed by atoms with Gasteiger partial charge in [0, 0.05) is 29.2 Å². The van der Waals surface area contributed by atoms with Crippen LogP contribution in [-0.2, 0) is 11.3 Å². The largest absolute Gasteiger partial charge is 0.354 e. The summed E-state index contributed by atoms with van der Waals surface area (Å²) < 4.78 is 1.88. The maximum atomic E-state index is 12.4. The number of rotatable bonds is 5. The van der Waals surface area contributed by atoms with Crippen LogP contribution in [0.3, 0.4) is 0 Å². The number of Topliss-reactive ketones (excluding diaryl/α,β-unsaturated/α-hetero) is 1. The Bertz CT molecular complexity index is 833. The monoisotopic (exact) mass is 322 g/mol. The average Bonchev–Trinajstić information content (AvgIpc) is 3.27. The van der Waals surface area contributed by atoms with Crippen LogP contribution < -0.4 is 5.32 Å². The molecule has 1 aromatic carbocycles. The summed E-state index contributed by atoms with van der Waals surface area (Å²) in [6.45, 7) is 2.57. The van der Waals surface area contributed by atoms with Crippen molar-refractivity contribution in [3.8, 4) is 0 Å². The van der Waals surface area contributed by atoms with E-state index in [9.17, 15) is 9.59 Å². The first kappa shape index (κ1) is 15.2. The van der Waals surface area contributed by atoms with Gasteiger partial charge in [0.05, 0.1) is 0 Å². The SMILES string of the molecule is CC(=O)c1cn(CC(=O)NC[C@@H]2C[C@H]3C=C[C@H]2C3)c2ccccc12. The molecule has 24 heavy (non-hydrogen) atoms. The van der Waals surface area contributed by atoms with Gasteiger partial charge in [-0.25, -0.2) is 0 Å². The highest BCUT2D eigenvalue weighted by molar-refractivity contribution is 6.07. The van der Waals surface area contributed by atoms with Crippen LogP contribution in [0.4, 0.5) is 0 Å². The molecule has 0 radical (unpaired) electrons. The quantitative estimate of drug-likeness (QED) is 0.679. The Balaban J connectivity index is 1.45. The number of hydrogen-bond donors (Lipinski definition) is 1. The molecule has 0 spiro atoms. The highest BCUT2D eigenvalue weighted by atomic mass is 16.2. The Labute approximate surface area is 141 Å². The van der Waals surface area contributed by atoms with Crippen LogP contribution in [0.5, 0.6) is 0 Å². The minimum Gasteiger partial charge on any atom is -0.354 e. The predicted molar refractivity (Wildman–Crippen MR) is 93.8 cm³/mol. The van der Waals surface area contributed by atoms with Gasteiger partial charge in [0.1, 0.15) is 6.54 Å². The summed E-state index contributed by atoms with van der Waals surface area (Å²) in [5, 5.41) is 4.00. The molecule has 4 heteroatoms. The van der Waals surface area contributed by atoms with Gasteiger partial charge >= 0.3 is 0 Å². The molecule has 2 aromatic rings. The number of nitrogens with one attached hydrogen (secondary N) is 1. The molecule has 0 saturated heterocycles. The standard InChI is InChI=1S/C20H22N2O2/c1-13(23)18-11-22(19-5-3-2-4-17(18)19)12-20(24)21-10-16-9-14-6-7-15(16)8-14/h2-7,11,14-16H,8-10,12H2,1H3,(H,21,24)/t14-,15-,16-/m0/s1. The summed E-state index contributed by atoms with van der Waals surface area (Å²) >= 11 is 0. The molecular weight excluding hydrogens is 300 g/mol. The fourth-order valence-electron chi connectivity index (χ4n) is 4.24. The fourth-order valence-corrected chi connectivity index (χ4v) is 4.24. The van der Waals surface area contributed by atoms with E-state index < -0.39 is 0 Å². The van der Waals surface area contributed by atoms with E-state index in [0.717, 1.165) is 23.4 Å². The van der Waals surface area contributed by atoms with Gasteiger partial charge in [0.2, 0.25) is 5.91 Å². The number of aromatic nitrogens is 1. The van der Waals surface area contributed by atoms with Gasteiger partial charge in [-0.1, -0.05) is 30.4 Å². The zero-order chi connectivity index (χ0) is 16.7. The molecule has 1 amide bonds. The van der Waals surface area contributed by atoms with Crippen LogP contribution in [0.15, 0.2) is 42.6 Å². The number of nitrogens with zero attached hydrogens (tertiary/aromatic N) is 1. The van der Waals surface area contributed by atoms with Crippen molar-refractivity contribution in [3.63, 3.8) is 0 Å². The fraction of sp³-hybridized carbons (Fsp3) is 0.400. The lowest BCUT2D eigenvalue weighted by Crippen LogP contribution is -2.33. The summed E-state index contributed by atoms with van der Waals surface area (Å²) in [4.78, 5) is 24.2. The van der Waals surface area contributed by atoms with E-state index in [4.69, 9.17) is 0 Å². The smallest absolute Gasteiger partial charge is 0.239 e. The molecule has 3 atom stereocenters. The van der Waals surface area contributed by atoms with Gasteiger partial charge in [-0.05, 0) is 43.6 Å². The molecule has 2 bridgehead atoms. The number of carbonyl (C=O) groups excluding carboxylic acids is 2. The van der Waals surface area contributed by atoms with Crippen LogP contribution >= 0.6 is 0 Å². The van der Waals surface area contributed by atoms with E-state index in [-0.39, 0.29) is 18.2 Å². The van der Waals surface area contributed by atoms with Crippen molar-refractivity contribution in [2.45, 2.75) is 26.3 Å². The predicted octanol–water partition coefficient (Wildman–Crippen LogP) is 3.17. The van der Waals surface area contributed by atoms with E-state index >= 15 is 0 Å². The van der Waals surface area contributed by atoms with E-state index in [1.807, 2.05) is 28.8 Å². The third-order valence-corrected chi connectivity index (χ3v) is 5.46. The average molecular weight is 322 g/mol. The number of ketones is 1. The van der Waals surface area contributed by atoms with Crippen molar-refractivity contribution in [2.24, 2.45) is 17.8 Å². The molecule has 2 aliphatic rings. The molecule has 0 unspecified atom stereocenters. The summed E-state index contributed by atoms with van der Waals surface area (Å²) in [7, 11) is 0. The molecule has 1 heterocycles. The summed E-state index contributed by atoms with van der Waals surface area (Å²) in [5.74, 6) is 1.99. The number of carbonyl (C=O) groups is 2. The first-order valence-electron chi connectivity index (χ1n) is 8.65. The first-order valence-corrected chi connectivity index (χ1v) is 8.65. The van der Waals surface area contributed by atoms with Crippen LogP contribution in [0, 0.1) is 17.8 Å². The van der Waals surface area contributed by atoms with Crippen molar-refractivity contribution in [2.75, 3.05) is 6.54 Å². The van der Waals surface area contributed by atoms with Gasteiger partial charge in [-0.3, -0.25) is 9.59 Å². The Morgan fingerprint density at radius 3 is 2.75 bits per heavy atom. The summed E-state index contributed by atoms with van der Waals surface area (Å²) in [6, 6.07) is 7.74. The molecule has 4 nitrogen and oxygen atoms in total. The van der Waals surface area contributed by atoms with Gasteiger partial charge in [-0.2, -0.15) is 0 Å². The summed E-state index contributed by atoms with van der Waals surface area (Å²) in [6.07, 6.45) is 8.88. The second-order valence-electron chi connectivity index (χ2n) is 7.09. The highest BCUT2D eigenvalue weighted by Crippen LogP contribution is 2.42. The minimum absolute atomic E-state index is 0.0117. The van der Waals surface area contributed by atoms with Crippen molar-refractivity contribution in [1.29, 1.82) is 0 Å². The highest BCUT2D eigenvalue weighted by Gasteiger charge is 2.35. The van der Waals surface area contributed by atoms with Crippen LogP contribution in [0.25, 0.3) is 10.9 Å². The number of para-hydroxylation sites is 1. The number of fused-ring (bicyclic) bond motifs is 3. The topological polar surface area (TPSA) is 51.1 Å². The third-order valence-electron chi connectivity index (χ3n) is 5.46. The molecule has 0 aliphatic heterocycles. The maximum Gasteiger partial charge on any atom is 0.239 e. The number of allylic oxidation sites excluding steroid dienone is 2. The lowest BCUT2D eigenvalue weighted by molar-refractivity contribution is -0.121. The van der Waals surface area contributed by atoms with Gasteiger partial charge in [-0.15, -0.1) is 0 Å². The molecular formula is C20H22N2O2. The number of benzene rings is 1. The van der Waals surface area contributed by atoms with Crippen LogP contribution in [-0.4, -0.2) is 22.8 Å². The molecule has 1 aromatic heterocycles. The summed E-state index contributed by atoms with van der Waals surface area (Å²) in [5.41, 5.74) is 1.61. The lowest BCUT2D eigenvalue weighted by atomic mass is 9.94. The zero-order valence-corrected chi connectivity index (χ0v) is 13.9.